The molecule has 6 nitrogen and oxygen atoms in total. The standard InChI is InChI=1S/C22H26N4O2S/c1-4-23-22(25-17-11-12-19(27-3)20(13-17)28-5-2)24-14-21-26-18(15-29-21)16-9-7-6-8-10-16/h6-13,15H,4-5,14H2,1-3H3,(H2,23,24,25). The lowest BCUT2D eigenvalue weighted by atomic mass is 10.2. The van der Waals surface area contributed by atoms with Gasteiger partial charge in [-0.1, -0.05) is 30.3 Å². The number of nitrogens with zero attached hydrogens (tertiary/aromatic N) is 2. The summed E-state index contributed by atoms with van der Waals surface area (Å²) in [4.78, 5) is 9.37. The fourth-order valence-corrected chi connectivity index (χ4v) is 3.46. The third kappa shape index (κ3) is 5.71. The SMILES string of the molecule is CCNC(=NCc1nc(-c2ccccc2)cs1)Nc1ccc(OC)c(OCC)c1. The summed E-state index contributed by atoms with van der Waals surface area (Å²) in [6.07, 6.45) is 0. The zero-order valence-electron chi connectivity index (χ0n) is 16.9. The van der Waals surface area contributed by atoms with Gasteiger partial charge in [0.15, 0.2) is 17.5 Å². The van der Waals surface area contributed by atoms with Crippen LogP contribution in [0.15, 0.2) is 58.9 Å². The van der Waals surface area contributed by atoms with E-state index in [4.69, 9.17) is 14.5 Å². The van der Waals surface area contributed by atoms with Crippen LogP contribution < -0.4 is 20.1 Å². The topological polar surface area (TPSA) is 67.8 Å². The van der Waals surface area contributed by atoms with E-state index in [1.54, 1.807) is 18.4 Å². The molecule has 0 aliphatic carbocycles. The number of anilines is 1. The van der Waals surface area contributed by atoms with Crippen molar-refractivity contribution in [2.75, 3.05) is 25.6 Å². The van der Waals surface area contributed by atoms with E-state index in [0.717, 1.165) is 28.5 Å². The molecule has 0 saturated heterocycles. The molecule has 7 heteroatoms. The van der Waals surface area contributed by atoms with Crippen molar-refractivity contribution >= 4 is 23.0 Å². The molecule has 2 aromatic carbocycles. The number of nitrogens with one attached hydrogen (secondary N) is 2. The van der Waals surface area contributed by atoms with Crippen molar-refractivity contribution in [3.05, 3.63) is 58.9 Å². The maximum absolute atomic E-state index is 5.65. The zero-order valence-corrected chi connectivity index (χ0v) is 17.8. The average Bonchev–Trinajstić information content (AvgIpc) is 3.22. The van der Waals surface area contributed by atoms with Gasteiger partial charge in [-0.15, -0.1) is 11.3 Å². The van der Waals surface area contributed by atoms with Crippen LogP contribution in [0.1, 0.15) is 18.9 Å². The van der Waals surface area contributed by atoms with E-state index >= 15 is 0 Å². The minimum absolute atomic E-state index is 0.501. The van der Waals surface area contributed by atoms with E-state index in [1.165, 1.54) is 0 Å². The molecule has 0 saturated carbocycles. The van der Waals surface area contributed by atoms with Gasteiger partial charge in [-0.05, 0) is 26.0 Å². The molecule has 0 fully saturated rings. The Balaban J connectivity index is 1.72. The van der Waals surface area contributed by atoms with Crippen molar-refractivity contribution in [2.45, 2.75) is 20.4 Å². The molecule has 0 spiro atoms. The monoisotopic (exact) mass is 410 g/mol. The summed E-state index contributed by atoms with van der Waals surface area (Å²) in [7, 11) is 1.63. The fraction of sp³-hybridized carbons (Fsp3) is 0.273. The van der Waals surface area contributed by atoms with Gasteiger partial charge in [-0.3, -0.25) is 0 Å². The molecule has 0 aliphatic rings. The number of methoxy groups -OCH3 is 1. The molecule has 152 valence electrons. The van der Waals surface area contributed by atoms with Crippen LogP contribution in [0, 0.1) is 0 Å². The smallest absolute Gasteiger partial charge is 0.196 e. The molecule has 0 aliphatic heterocycles. The van der Waals surface area contributed by atoms with E-state index in [1.807, 2.05) is 50.2 Å². The van der Waals surface area contributed by atoms with Gasteiger partial charge in [-0.25, -0.2) is 9.98 Å². The Bertz CT molecular complexity index is 941. The summed E-state index contributed by atoms with van der Waals surface area (Å²) in [5.74, 6) is 2.09. The molecular formula is C22H26N4O2S. The molecule has 29 heavy (non-hydrogen) atoms. The number of hydrogen-bond acceptors (Lipinski definition) is 5. The van der Waals surface area contributed by atoms with Gasteiger partial charge in [0.2, 0.25) is 0 Å². The first-order valence-corrected chi connectivity index (χ1v) is 10.5. The third-order valence-electron chi connectivity index (χ3n) is 4.06. The van der Waals surface area contributed by atoms with Crippen LogP contribution >= 0.6 is 11.3 Å². The number of guanidine groups is 1. The molecule has 0 radical (unpaired) electrons. The largest absolute Gasteiger partial charge is 0.493 e. The summed E-state index contributed by atoms with van der Waals surface area (Å²) in [6.45, 7) is 5.81. The predicted molar refractivity (Wildman–Crippen MR) is 120 cm³/mol. The van der Waals surface area contributed by atoms with E-state index in [0.29, 0.717) is 30.6 Å². The highest BCUT2D eigenvalue weighted by molar-refractivity contribution is 7.09. The van der Waals surface area contributed by atoms with E-state index in [9.17, 15) is 0 Å². The number of hydrogen-bond donors (Lipinski definition) is 2. The molecule has 2 N–H and O–H groups in total. The van der Waals surface area contributed by atoms with Crippen molar-refractivity contribution in [3.8, 4) is 22.8 Å². The van der Waals surface area contributed by atoms with Gasteiger partial charge in [0, 0.05) is 29.2 Å². The van der Waals surface area contributed by atoms with Gasteiger partial charge in [0.25, 0.3) is 0 Å². The Morgan fingerprint density at radius 1 is 1.10 bits per heavy atom. The first kappa shape index (κ1) is 20.7. The van der Waals surface area contributed by atoms with Crippen molar-refractivity contribution in [1.82, 2.24) is 10.3 Å². The Labute approximate surface area is 175 Å². The summed E-state index contributed by atoms with van der Waals surface area (Å²) in [5, 5.41) is 9.61. The Kier molecular flexibility index (Phi) is 7.47. The molecule has 3 rings (SSSR count). The van der Waals surface area contributed by atoms with Crippen LogP contribution in [0.2, 0.25) is 0 Å². The highest BCUT2D eigenvalue weighted by Crippen LogP contribution is 2.30. The van der Waals surface area contributed by atoms with Crippen molar-refractivity contribution in [1.29, 1.82) is 0 Å². The summed E-state index contributed by atoms with van der Waals surface area (Å²) in [5.41, 5.74) is 2.97. The van der Waals surface area contributed by atoms with Crippen molar-refractivity contribution in [2.24, 2.45) is 4.99 Å². The third-order valence-corrected chi connectivity index (χ3v) is 4.90. The van der Waals surface area contributed by atoms with Crippen LogP contribution in [0.4, 0.5) is 5.69 Å². The first-order valence-electron chi connectivity index (χ1n) is 9.59. The minimum Gasteiger partial charge on any atom is -0.493 e. The first-order chi connectivity index (χ1) is 14.2. The maximum Gasteiger partial charge on any atom is 0.196 e. The lowest BCUT2D eigenvalue weighted by molar-refractivity contribution is 0.311. The number of aromatic nitrogens is 1. The summed E-state index contributed by atoms with van der Waals surface area (Å²) >= 11 is 1.61. The maximum atomic E-state index is 5.65. The predicted octanol–water partition coefficient (Wildman–Crippen LogP) is 4.80. The average molecular weight is 411 g/mol. The molecule has 0 unspecified atom stereocenters. The lowest BCUT2D eigenvalue weighted by Gasteiger charge is -2.14. The molecule has 0 bridgehead atoms. The molecule has 0 atom stereocenters. The van der Waals surface area contributed by atoms with Crippen LogP contribution in [-0.4, -0.2) is 31.2 Å². The van der Waals surface area contributed by atoms with Crippen molar-refractivity contribution < 1.29 is 9.47 Å². The second-order valence-corrected chi connectivity index (χ2v) is 7.05. The van der Waals surface area contributed by atoms with Crippen LogP contribution in [0.3, 0.4) is 0 Å². The van der Waals surface area contributed by atoms with E-state index in [2.05, 4.69) is 33.1 Å². The quantitative estimate of drug-likeness (QED) is 0.413. The number of ether oxygens (including phenoxy) is 2. The highest BCUT2D eigenvalue weighted by Gasteiger charge is 2.08. The van der Waals surface area contributed by atoms with Crippen LogP contribution in [0.5, 0.6) is 11.5 Å². The Morgan fingerprint density at radius 2 is 1.93 bits per heavy atom. The summed E-state index contributed by atoms with van der Waals surface area (Å²) < 4.78 is 11.0. The number of aliphatic imine (C=N–C) groups is 1. The van der Waals surface area contributed by atoms with Gasteiger partial charge < -0.3 is 20.1 Å². The number of rotatable bonds is 8. The number of benzene rings is 2. The summed E-state index contributed by atoms with van der Waals surface area (Å²) in [6, 6.07) is 15.9. The second kappa shape index (κ2) is 10.5. The van der Waals surface area contributed by atoms with Crippen LogP contribution in [-0.2, 0) is 6.54 Å². The molecule has 0 amide bonds. The second-order valence-electron chi connectivity index (χ2n) is 6.11. The van der Waals surface area contributed by atoms with Crippen molar-refractivity contribution in [3.63, 3.8) is 0 Å². The molecule has 3 aromatic rings. The molecule has 1 heterocycles. The van der Waals surface area contributed by atoms with Gasteiger partial charge >= 0.3 is 0 Å². The van der Waals surface area contributed by atoms with Gasteiger partial charge in [-0.2, -0.15) is 0 Å². The Morgan fingerprint density at radius 3 is 2.66 bits per heavy atom. The zero-order chi connectivity index (χ0) is 20.5. The highest BCUT2D eigenvalue weighted by atomic mass is 32.1. The fourth-order valence-electron chi connectivity index (χ4n) is 2.74. The Hall–Kier alpha value is -3.06. The van der Waals surface area contributed by atoms with Crippen LogP contribution in [0.25, 0.3) is 11.3 Å². The minimum atomic E-state index is 0.501. The van der Waals surface area contributed by atoms with E-state index < -0.39 is 0 Å². The van der Waals surface area contributed by atoms with Gasteiger partial charge in [0.05, 0.1) is 26.0 Å². The number of thiazole rings is 1. The molecular weight excluding hydrogens is 384 g/mol. The normalized spacial score (nSPS) is 11.2. The molecule has 1 aromatic heterocycles. The van der Waals surface area contributed by atoms with E-state index in [-0.39, 0.29) is 0 Å². The van der Waals surface area contributed by atoms with Gasteiger partial charge in [0.1, 0.15) is 5.01 Å². The lowest BCUT2D eigenvalue weighted by Crippen LogP contribution is -2.30.